The molecule has 3 N–H and O–H groups in total. The standard InChI is InChI=1S/C17H22N2OS.ClH/c18-17(9-4-1-5-10-17)16(20)19-11-8-13-12-21-15-7-3-2-6-14(13)15;/h2-3,6-7,12H,1,4-5,8-11,18H2,(H,19,20);1H. The van der Waals surface area contributed by atoms with Gasteiger partial charge in [0.2, 0.25) is 5.91 Å². The van der Waals surface area contributed by atoms with Gasteiger partial charge in [-0.1, -0.05) is 37.5 Å². The van der Waals surface area contributed by atoms with E-state index in [-0.39, 0.29) is 18.3 Å². The van der Waals surface area contributed by atoms with Crippen molar-refractivity contribution in [3.8, 4) is 0 Å². The number of fused-ring (bicyclic) bond motifs is 1. The minimum atomic E-state index is -0.630. The average molecular weight is 339 g/mol. The van der Waals surface area contributed by atoms with Crippen molar-refractivity contribution in [2.24, 2.45) is 5.73 Å². The van der Waals surface area contributed by atoms with Gasteiger partial charge in [-0.25, -0.2) is 0 Å². The Morgan fingerprint density at radius 2 is 1.95 bits per heavy atom. The molecule has 1 saturated carbocycles. The van der Waals surface area contributed by atoms with E-state index in [0.717, 1.165) is 32.1 Å². The van der Waals surface area contributed by atoms with E-state index >= 15 is 0 Å². The summed E-state index contributed by atoms with van der Waals surface area (Å²) in [6.07, 6.45) is 5.84. The first-order valence-corrected chi connectivity index (χ1v) is 8.59. The highest BCUT2D eigenvalue weighted by Gasteiger charge is 2.34. The van der Waals surface area contributed by atoms with Crippen LogP contribution in [0, 0.1) is 0 Å². The maximum atomic E-state index is 12.3. The van der Waals surface area contributed by atoms with E-state index < -0.39 is 5.54 Å². The van der Waals surface area contributed by atoms with Crippen molar-refractivity contribution in [3.63, 3.8) is 0 Å². The molecule has 1 aliphatic rings. The minimum Gasteiger partial charge on any atom is -0.354 e. The molecule has 1 amide bonds. The summed E-state index contributed by atoms with van der Waals surface area (Å²) in [4.78, 5) is 12.3. The Balaban J connectivity index is 0.00000176. The van der Waals surface area contributed by atoms with Gasteiger partial charge >= 0.3 is 0 Å². The van der Waals surface area contributed by atoms with Crippen LogP contribution in [0.3, 0.4) is 0 Å². The molecular formula is C17H23ClN2OS. The minimum absolute atomic E-state index is 0. The largest absolute Gasteiger partial charge is 0.354 e. The quantitative estimate of drug-likeness (QED) is 0.894. The summed E-state index contributed by atoms with van der Waals surface area (Å²) in [5.41, 5.74) is 6.92. The first-order chi connectivity index (χ1) is 10.2. The Hall–Kier alpha value is -1.10. The smallest absolute Gasteiger partial charge is 0.240 e. The number of rotatable bonds is 4. The second-order valence-electron chi connectivity index (χ2n) is 5.98. The average Bonchev–Trinajstić information content (AvgIpc) is 2.91. The van der Waals surface area contributed by atoms with Crippen molar-refractivity contribution in [2.75, 3.05) is 6.54 Å². The van der Waals surface area contributed by atoms with E-state index in [4.69, 9.17) is 5.73 Å². The number of halogens is 1. The first kappa shape index (κ1) is 17.3. The monoisotopic (exact) mass is 338 g/mol. The molecular weight excluding hydrogens is 316 g/mol. The van der Waals surface area contributed by atoms with Crippen molar-refractivity contribution in [1.29, 1.82) is 0 Å². The number of thiophene rings is 1. The SMILES string of the molecule is Cl.NC1(C(=O)NCCc2csc3ccccc23)CCCCC1. The van der Waals surface area contributed by atoms with Gasteiger partial charge in [-0.2, -0.15) is 0 Å². The van der Waals surface area contributed by atoms with Crippen LogP contribution in [0.15, 0.2) is 29.6 Å². The van der Waals surface area contributed by atoms with E-state index in [1.54, 1.807) is 11.3 Å². The van der Waals surface area contributed by atoms with Gasteiger partial charge in [-0.15, -0.1) is 23.7 Å². The Kier molecular flexibility index (Phi) is 5.84. The molecule has 0 atom stereocenters. The van der Waals surface area contributed by atoms with Crippen molar-refractivity contribution in [3.05, 3.63) is 35.2 Å². The maximum absolute atomic E-state index is 12.3. The number of nitrogens with one attached hydrogen (secondary N) is 1. The molecule has 1 aliphatic carbocycles. The van der Waals surface area contributed by atoms with Crippen LogP contribution in [-0.2, 0) is 11.2 Å². The number of nitrogens with two attached hydrogens (primary N) is 1. The van der Waals surface area contributed by atoms with Crippen LogP contribution in [0.2, 0.25) is 0 Å². The highest BCUT2D eigenvalue weighted by Crippen LogP contribution is 2.27. The lowest BCUT2D eigenvalue weighted by atomic mass is 9.82. The van der Waals surface area contributed by atoms with Gasteiger partial charge in [-0.3, -0.25) is 4.79 Å². The molecule has 1 fully saturated rings. The predicted octanol–water partition coefficient (Wildman–Crippen LogP) is 3.64. The van der Waals surface area contributed by atoms with Gasteiger partial charge in [0.1, 0.15) is 0 Å². The fourth-order valence-corrected chi connectivity index (χ4v) is 4.12. The van der Waals surface area contributed by atoms with Gasteiger partial charge in [0.15, 0.2) is 0 Å². The number of carbonyl (C=O) groups is 1. The molecule has 0 aliphatic heterocycles. The second-order valence-corrected chi connectivity index (χ2v) is 6.89. The zero-order valence-electron chi connectivity index (χ0n) is 12.6. The number of carbonyl (C=O) groups excluding carboxylic acids is 1. The maximum Gasteiger partial charge on any atom is 0.240 e. The molecule has 0 saturated heterocycles. The number of hydrogen-bond acceptors (Lipinski definition) is 3. The van der Waals surface area contributed by atoms with E-state index in [2.05, 4.69) is 35.0 Å². The molecule has 1 heterocycles. The molecule has 0 spiro atoms. The van der Waals surface area contributed by atoms with Crippen molar-refractivity contribution < 1.29 is 4.79 Å². The Morgan fingerprint density at radius 1 is 1.23 bits per heavy atom. The first-order valence-electron chi connectivity index (χ1n) is 7.71. The molecule has 0 bridgehead atoms. The molecule has 22 heavy (non-hydrogen) atoms. The van der Waals surface area contributed by atoms with E-state index in [0.29, 0.717) is 6.54 Å². The summed E-state index contributed by atoms with van der Waals surface area (Å²) < 4.78 is 1.31. The fourth-order valence-electron chi connectivity index (χ4n) is 3.12. The lowest BCUT2D eigenvalue weighted by Gasteiger charge is -2.31. The van der Waals surface area contributed by atoms with Crippen LogP contribution in [-0.4, -0.2) is 18.0 Å². The van der Waals surface area contributed by atoms with Crippen molar-refractivity contribution in [2.45, 2.75) is 44.1 Å². The molecule has 0 unspecified atom stereocenters. The van der Waals surface area contributed by atoms with E-state index in [9.17, 15) is 4.79 Å². The number of benzene rings is 1. The van der Waals surface area contributed by atoms with Crippen LogP contribution in [0.5, 0.6) is 0 Å². The lowest BCUT2D eigenvalue weighted by Crippen LogP contribution is -2.55. The summed E-state index contributed by atoms with van der Waals surface area (Å²) in [5, 5.41) is 6.53. The molecule has 3 nitrogen and oxygen atoms in total. The van der Waals surface area contributed by atoms with Crippen LogP contribution < -0.4 is 11.1 Å². The Morgan fingerprint density at radius 3 is 2.73 bits per heavy atom. The Bertz CT molecular complexity index is 634. The zero-order valence-corrected chi connectivity index (χ0v) is 14.3. The Labute approximate surface area is 141 Å². The fraction of sp³-hybridized carbons (Fsp3) is 0.471. The van der Waals surface area contributed by atoms with Crippen molar-refractivity contribution in [1.82, 2.24) is 5.32 Å². The van der Waals surface area contributed by atoms with Crippen LogP contribution >= 0.6 is 23.7 Å². The molecule has 1 aromatic carbocycles. The van der Waals surface area contributed by atoms with Crippen LogP contribution in [0.1, 0.15) is 37.7 Å². The normalized spacial score (nSPS) is 17.0. The highest BCUT2D eigenvalue weighted by molar-refractivity contribution is 7.17. The third kappa shape index (κ3) is 3.62. The molecule has 5 heteroatoms. The third-order valence-corrected chi connectivity index (χ3v) is 5.45. The lowest BCUT2D eigenvalue weighted by molar-refractivity contribution is -0.127. The second kappa shape index (κ2) is 7.44. The summed E-state index contributed by atoms with van der Waals surface area (Å²) in [7, 11) is 0. The summed E-state index contributed by atoms with van der Waals surface area (Å²) >= 11 is 1.76. The van der Waals surface area contributed by atoms with Gasteiger partial charge in [0.05, 0.1) is 5.54 Å². The van der Waals surface area contributed by atoms with Crippen LogP contribution in [0.25, 0.3) is 10.1 Å². The third-order valence-electron chi connectivity index (χ3n) is 4.44. The summed E-state index contributed by atoms with van der Waals surface area (Å²) in [5.74, 6) is 0.0294. The zero-order chi connectivity index (χ0) is 14.7. The molecule has 1 aromatic heterocycles. The van der Waals surface area contributed by atoms with E-state index in [1.165, 1.54) is 22.1 Å². The predicted molar refractivity (Wildman–Crippen MR) is 95.8 cm³/mol. The van der Waals surface area contributed by atoms with Crippen LogP contribution in [0.4, 0.5) is 0 Å². The summed E-state index contributed by atoms with van der Waals surface area (Å²) in [6.45, 7) is 0.665. The number of amides is 1. The molecule has 2 aromatic rings. The molecule has 0 radical (unpaired) electrons. The number of hydrogen-bond donors (Lipinski definition) is 2. The molecule has 3 rings (SSSR count). The van der Waals surface area contributed by atoms with Gasteiger partial charge < -0.3 is 11.1 Å². The topological polar surface area (TPSA) is 55.1 Å². The van der Waals surface area contributed by atoms with Gasteiger partial charge in [-0.05, 0) is 41.7 Å². The van der Waals surface area contributed by atoms with Crippen molar-refractivity contribution >= 4 is 39.7 Å². The van der Waals surface area contributed by atoms with Gasteiger partial charge in [0.25, 0.3) is 0 Å². The van der Waals surface area contributed by atoms with Gasteiger partial charge in [0, 0.05) is 11.2 Å². The highest BCUT2D eigenvalue weighted by atomic mass is 35.5. The molecule has 120 valence electrons. The van der Waals surface area contributed by atoms with E-state index in [1.807, 2.05) is 0 Å². The summed E-state index contributed by atoms with van der Waals surface area (Å²) in [6, 6.07) is 8.41.